The predicted octanol–water partition coefficient (Wildman–Crippen LogP) is 1.29. The van der Waals surface area contributed by atoms with E-state index in [2.05, 4.69) is 70.3 Å². The van der Waals surface area contributed by atoms with Gasteiger partial charge in [0.15, 0.2) is 0 Å². The second-order valence-electron chi connectivity index (χ2n) is 8.80. The average Bonchev–Trinajstić information content (AvgIpc) is 3.03. The van der Waals surface area contributed by atoms with Crippen molar-refractivity contribution in [2.24, 2.45) is 5.92 Å². The van der Waals surface area contributed by atoms with Gasteiger partial charge >= 0.3 is 168 Å². The molecule has 0 N–H and O–H groups in total. The minimum absolute atomic E-state index is 0. The van der Waals surface area contributed by atoms with Gasteiger partial charge < -0.3 is 24.8 Å². The zero-order chi connectivity index (χ0) is 18.4. The zero-order valence-corrected chi connectivity index (χ0v) is 22.8. The Kier molecular flexibility index (Phi) is 8.67. The average molecular weight is 511 g/mol. The van der Waals surface area contributed by atoms with Crippen molar-refractivity contribution in [3.05, 3.63) is 69.9 Å². The largest absolute Gasteiger partial charge is 1.00 e. The number of hydrogen-bond acceptors (Lipinski definition) is 0. The maximum Gasteiger partial charge on any atom is -1.00 e. The molecule has 0 aromatic heterocycles. The molecular formula is C24H32Cl2SiZr. The van der Waals surface area contributed by atoms with E-state index >= 15 is 0 Å². The van der Waals surface area contributed by atoms with Gasteiger partial charge in [-0.05, 0) is 0 Å². The summed E-state index contributed by atoms with van der Waals surface area (Å²) in [5, 5.41) is 0. The molecule has 3 unspecified atom stereocenters. The van der Waals surface area contributed by atoms with Gasteiger partial charge in [0.2, 0.25) is 0 Å². The molecule has 0 saturated carbocycles. The van der Waals surface area contributed by atoms with Gasteiger partial charge in [-0.25, -0.2) is 0 Å². The minimum atomic E-state index is -1.73. The molecule has 0 aromatic carbocycles. The third kappa shape index (κ3) is 4.27. The number of allylic oxidation sites excluding steroid dienone is 12. The first kappa shape index (κ1) is 24.4. The Morgan fingerprint density at radius 2 is 1.57 bits per heavy atom. The van der Waals surface area contributed by atoms with Crippen molar-refractivity contribution in [1.82, 2.24) is 0 Å². The van der Waals surface area contributed by atoms with Crippen LogP contribution in [0.1, 0.15) is 46.5 Å². The molecule has 28 heavy (non-hydrogen) atoms. The van der Waals surface area contributed by atoms with E-state index in [1.807, 2.05) is 5.57 Å². The molecule has 0 amide bonds. The fourth-order valence-corrected chi connectivity index (χ4v) is 26.7. The molecule has 0 bridgehead atoms. The first-order chi connectivity index (χ1) is 12.5. The molecule has 0 radical (unpaired) electrons. The molecule has 0 heterocycles. The van der Waals surface area contributed by atoms with Crippen molar-refractivity contribution in [1.29, 1.82) is 0 Å². The third-order valence-electron chi connectivity index (χ3n) is 6.72. The van der Waals surface area contributed by atoms with Crippen LogP contribution in [0.25, 0.3) is 0 Å². The van der Waals surface area contributed by atoms with Crippen LogP contribution >= 0.6 is 0 Å². The molecule has 4 aliphatic rings. The van der Waals surface area contributed by atoms with Crippen LogP contribution in [0.15, 0.2) is 69.9 Å². The summed E-state index contributed by atoms with van der Waals surface area (Å²) in [6.45, 7) is 12.6. The van der Waals surface area contributed by atoms with Crippen molar-refractivity contribution in [2.45, 2.75) is 66.8 Å². The van der Waals surface area contributed by atoms with Crippen LogP contribution in [-0.4, -0.2) is 5.43 Å². The molecule has 0 aromatic rings. The van der Waals surface area contributed by atoms with E-state index < -0.39 is 20.4 Å². The van der Waals surface area contributed by atoms with Crippen molar-refractivity contribution in [2.75, 3.05) is 0 Å². The fraction of sp³-hybridized carbons (Fsp3) is 0.500. The summed E-state index contributed by atoms with van der Waals surface area (Å²) in [6.07, 6.45) is 20.2. The SMILES string of the molecule is CC1=CC2=C(C=CC=CC2C)[CH]1[Zr+2]([CH]1C(C)=CC2=C1CCCC2)=[Si](C)C.[Cl-].[Cl-]. The van der Waals surface area contributed by atoms with Gasteiger partial charge in [-0.15, -0.1) is 0 Å². The van der Waals surface area contributed by atoms with E-state index in [-0.39, 0.29) is 30.2 Å². The monoisotopic (exact) mass is 508 g/mol. The zero-order valence-electron chi connectivity index (χ0n) is 17.8. The summed E-state index contributed by atoms with van der Waals surface area (Å²) >= 11 is -1.73. The van der Waals surface area contributed by atoms with Crippen molar-refractivity contribution >= 4 is 5.43 Å². The second-order valence-corrected chi connectivity index (χ2v) is 26.7. The Bertz CT molecular complexity index is 863. The maximum absolute atomic E-state index is 2.64. The van der Waals surface area contributed by atoms with Crippen molar-refractivity contribution in [3.63, 3.8) is 0 Å². The van der Waals surface area contributed by atoms with Crippen molar-refractivity contribution < 1.29 is 45.2 Å². The van der Waals surface area contributed by atoms with E-state index in [0.29, 0.717) is 5.92 Å². The van der Waals surface area contributed by atoms with E-state index in [1.54, 1.807) is 27.9 Å². The van der Waals surface area contributed by atoms with Crippen LogP contribution in [-0.2, 0) is 20.4 Å². The molecule has 0 nitrogen and oxygen atoms in total. The van der Waals surface area contributed by atoms with E-state index in [9.17, 15) is 0 Å². The summed E-state index contributed by atoms with van der Waals surface area (Å²) in [7, 11) is 0. The van der Waals surface area contributed by atoms with Crippen LogP contribution in [0.5, 0.6) is 0 Å². The number of hydrogen-bond donors (Lipinski definition) is 0. The molecule has 0 fully saturated rings. The first-order valence-electron chi connectivity index (χ1n) is 10.3. The summed E-state index contributed by atoms with van der Waals surface area (Å²) in [6, 6.07) is 0. The smallest absolute Gasteiger partial charge is 1.00 e. The molecule has 3 atom stereocenters. The quantitative estimate of drug-likeness (QED) is 0.492. The normalized spacial score (nSPS) is 27.6. The van der Waals surface area contributed by atoms with Gasteiger partial charge in [-0.3, -0.25) is 0 Å². The van der Waals surface area contributed by atoms with E-state index in [0.717, 1.165) is 7.25 Å². The summed E-state index contributed by atoms with van der Waals surface area (Å²) in [5.74, 6) is 0.568. The van der Waals surface area contributed by atoms with Gasteiger partial charge in [0.05, 0.1) is 0 Å². The maximum atomic E-state index is 2.64. The number of rotatable bonds is 2. The molecule has 4 rings (SSSR count). The van der Waals surface area contributed by atoms with Gasteiger partial charge in [-0.2, -0.15) is 0 Å². The second kappa shape index (κ2) is 9.95. The van der Waals surface area contributed by atoms with Crippen molar-refractivity contribution in [3.8, 4) is 0 Å². The Labute approximate surface area is 192 Å². The van der Waals surface area contributed by atoms with Crippen LogP contribution in [0.4, 0.5) is 0 Å². The Morgan fingerprint density at radius 1 is 0.893 bits per heavy atom. The van der Waals surface area contributed by atoms with E-state index in [4.69, 9.17) is 0 Å². The predicted molar refractivity (Wildman–Crippen MR) is 112 cm³/mol. The summed E-state index contributed by atoms with van der Waals surface area (Å²) in [5.41, 5.74) is 10.2. The first-order valence-corrected chi connectivity index (χ1v) is 19.4. The summed E-state index contributed by atoms with van der Waals surface area (Å²) in [4.78, 5) is 0. The molecule has 0 saturated heterocycles. The summed E-state index contributed by atoms with van der Waals surface area (Å²) < 4.78 is 1.72. The Balaban J connectivity index is 0.00000140. The molecule has 150 valence electrons. The molecule has 4 heteroatoms. The van der Waals surface area contributed by atoms with Crippen LogP contribution in [0.2, 0.25) is 20.3 Å². The third-order valence-corrected chi connectivity index (χ3v) is 26.7. The van der Waals surface area contributed by atoms with Gasteiger partial charge in [0.1, 0.15) is 0 Å². The topological polar surface area (TPSA) is 0 Å². The standard InChI is InChI=1S/C12H13.C10H13.C2H6Si.2ClH.Zr/c1-9-7-11-6-4-3-5-10(2)12(11)8-9;1-8-6-9-4-2-3-5-10(9)7-8;1-3-2;;;/h3-8,10H,1-2H3;6-7H,2-5H2,1H3;1-2H3;2*1H;/q;;;;;+2/p-2. The fourth-order valence-electron chi connectivity index (χ4n) is 5.57. The van der Waals surface area contributed by atoms with Crippen LogP contribution in [0, 0.1) is 5.92 Å². The van der Waals surface area contributed by atoms with Gasteiger partial charge in [-0.1, -0.05) is 0 Å². The van der Waals surface area contributed by atoms with E-state index in [1.165, 1.54) is 25.7 Å². The molecule has 0 aliphatic heterocycles. The van der Waals surface area contributed by atoms with Crippen LogP contribution in [0.3, 0.4) is 0 Å². The molecular weight excluding hydrogens is 478 g/mol. The Hall–Kier alpha value is 0.120. The number of halogens is 2. The molecule has 0 spiro atoms. The minimum Gasteiger partial charge on any atom is -1.00 e. The Morgan fingerprint density at radius 3 is 2.29 bits per heavy atom. The van der Waals surface area contributed by atoms with Gasteiger partial charge in [0.25, 0.3) is 0 Å². The van der Waals surface area contributed by atoms with Gasteiger partial charge in [0, 0.05) is 0 Å². The van der Waals surface area contributed by atoms with Crippen LogP contribution < -0.4 is 24.8 Å². The molecule has 4 aliphatic carbocycles.